The number of likely N-dealkylation sites (N-methyl/N-ethyl adjacent to an activating group) is 1. The maximum Gasteiger partial charge on any atom is 0.407 e. The first-order chi connectivity index (χ1) is 19.7. The van der Waals surface area contributed by atoms with Gasteiger partial charge in [0.2, 0.25) is 0 Å². The summed E-state index contributed by atoms with van der Waals surface area (Å²) in [6.45, 7) is 4.09. The van der Waals surface area contributed by atoms with Crippen molar-refractivity contribution in [2.75, 3.05) is 44.7 Å². The van der Waals surface area contributed by atoms with Crippen LogP contribution in [0.25, 0.3) is 32.9 Å². The average molecular weight is 583 g/mol. The lowest BCUT2D eigenvalue weighted by Crippen LogP contribution is -2.53. The van der Waals surface area contributed by atoms with Crippen LogP contribution in [-0.2, 0) is 0 Å². The molecule has 0 saturated carbocycles. The van der Waals surface area contributed by atoms with Gasteiger partial charge < -0.3 is 24.5 Å². The number of hydrogen-bond donors (Lipinski definition) is 1. The zero-order chi connectivity index (χ0) is 28.8. The van der Waals surface area contributed by atoms with E-state index in [1.54, 1.807) is 24.3 Å². The van der Waals surface area contributed by atoms with E-state index in [0.29, 0.717) is 40.7 Å². The first-order valence-corrected chi connectivity index (χ1v) is 13.9. The number of nitrogens with zero attached hydrogens (tertiary/aromatic N) is 6. The standard InChI is InChI=1S/C29H29ClF2N6O3/c1-16-14-37(29(39)40)11-12-38(16)27-20-13-33-25(19-7-3-5-17-8-9-21(31)23(30)22(17)19)24(32)26(20)34-28(35-27)41-15-18-6-4-10-36(18)2/h3,5,7-9,13,16,18H,4,6,10-12,14-15H2,1-2H3,(H,39,40)/t16-,18+/m1/s1. The number of anilines is 1. The minimum absolute atomic E-state index is 0.00664. The summed E-state index contributed by atoms with van der Waals surface area (Å²) < 4.78 is 36.9. The Balaban J connectivity index is 1.48. The Hall–Kier alpha value is -3.83. The van der Waals surface area contributed by atoms with E-state index in [4.69, 9.17) is 16.3 Å². The number of halogens is 3. The molecule has 6 rings (SSSR count). The number of hydrogen-bond acceptors (Lipinski definition) is 7. The van der Waals surface area contributed by atoms with Crippen LogP contribution in [0.4, 0.5) is 19.4 Å². The molecule has 2 atom stereocenters. The van der Waals surface area contributed by atoms with Gasteiger partial charge in [-0.2, -0.15) is 9.97 Å². The van der Waals surface area contributed by atoms with Gasteiger partial charge in [0.25, 0.3) is 0 Å². The molecule has 4 aromatic rings. The van der Waals surface area contributed by atoms with E-state index in [1.807, 2.05) is 18.9 Å². The van der Waals surface area contributed by atoms with E-state index < -0.39 is 17.7 Å². The van der Waals surface area contributed by atoms with Gasteiger partial charge in [-0.15, -0.1) is 0 Å². The minimum Gasteiger partial charge on any atom is -0.465 e. The van der Waals surface area contributed by atoms with E-state index in [-0.39, 0.29) is 47.4 Å². The fourth-order valence-electron chi connectivity index (χ4n) is 5.81. The number of fused-ring (bicyclic) bond motifs is 2. The predicted octanol–water partition coefficient (Wildman–Crippen LogP) is 5.44. The van der Waals surface area contributed by atoms with Crippen molar-refractivity contribution in [3.8, 4) is 17.3 Å². The van der Waals surface area contributed by atoms with Gasteiger partial charge in [-0.3, -0.25) is 4.98 Å². The molecule has 2 saturated heterocycles. The lowest BCUT2D eigenvalue weighted by Gasteiger charge is -2.39. The Labute approximate surface area is 240 Å². The maximum atomic E-state index is 16.5. The lowest BCUT2D eigenvalue weighted by atomic mass is 10.0. The SMILES string of the molecule is C[C@@H]1CN(C(=O)O)CCN1c1nc(OC[C@@H]2CCCN2C)nc2c(F)c(-c3cccc4ccc(F)c(Cl)c34)ncc12. The van der Waals surface area contributed by atoms with Gasteiger partial charge in [0.1, 0.15) is 29.5 Å². The van der Waals surface area contributed by atoms with Crippen LogP contribution in [-0.4, -0.2) is 87.9 Å². The number of carboxylic acid groups (broad SMARTS) is 1. The molecule has 214 valence electrons. The van der Waals surface area contributed by atoms with Gasteiger partial charge in [0.15, 0.2) is 5.82 Å². The van der Waals surface area contributed by atoms with Crippen LogP contribution in [0, 0.1) is 11.6 Å². The number of carbonyl (C=O) groups is 1. The molecule has 12 heteroatoms. The van der Waals surface area contributed by atoms with Crippen molar-refractivity contribution < 1.29 is 23.4 Å². The Morgan fingerprint density at radius 1 is 1.17 bits per heavy atom. The molecule has 2 aromatic carbocycles. The molecular weight excluding hydrogens is 554 g/mol. The van der Waals surface area contributed by atoms with E-state index in [2.05, 4.69) is 19.9 Å². The summed E-state index contributed by atoms with van der Waals surface area (Å²) >= 11 is 6.34. The third-order valence-electron chi connectivity index (χ3n) is 8.08. The van der Waals surface area contributed by atoms with Crippen molar-refractivity contribution in [1.82, 2.24) is 24.8 Å². The summed E-state index contributed by atoms with van der Waals surface area (Å²) in [4.78, 5) is 30.7. The second-order valence-corrected chi connectivity index (χ2v) is 11.0. The molecule has 2 aliphatic rings. The molecule has 2 aliphatic heterocycles. The first-order valence-electron chi connectivity index (χ1n) is 13.5. The molecule has 2 aromatic heterocycles. The van der Waals surface area contributed by atoms with Gasteiger partial charge in [0.05, 0.1) is 10.4 Å². The zero-order valence-electron chi connectivity index (χ0n) is 22.6. The van der Waals surface area contributed by atoms with Gasteiger partial charge >= 0.3 is 12.1 Å². The normalized spacial score (nSPS) is 19.8. The van der Waals surface area contributed by atoms with Crippen LogP contribution in [0.15, 0.2) is 36.5 Å². The van der Waals surface area contributed by atoms with Gasteiger partial charge in [-0.25, -0.2) is 13.6 Å². The number of pyridine rings is 1. The largest absolute Gasteiger partial charge is 0.465 e. The van der Waals surface area contributed by atoms with Crippen molar-refractivity contribution in [1.29, 1.82) is 0 Å². The molecule has 0 aliphatic carbocycles. The van der Waals surface area contributed by atoms with Crippen molar-refractivity contribution in [3.63, 3.8) is 0 Å². The van der Waals surface area contributed by atoms with Gasteiger partial charge in [-0.1, -0.05) is 35.9 Å². The van der Waals surface area contributed by atoms with E-state index >= 15 is 4.39 Å². The molecule has 0 radical (unpaired) electrons. The molecule has 4 heterocycles. The van der Waals surface area contributed by atoms with Crippen LogP contribution in [0.5, 0.6) is 6.01 Å². The van der Waals surface area contributed by atoms with Crippen LogP contribution in [0.1, 0.15) is 19.8 Å². The second kappa shape index (κ2) is 10.9. The van der Waals surface area contributed by atoms with Crippen molar-refractivity contribution in [3.05, 3.63) is 53.2 Å². The lowest BCUT2D eigenvalue weighted by molar-refractivity contribution is 0.136. The Kier molecular flexibility index (Phi) is 7.25. The maximum absolute atomic E-state index is 16.5. The fraction of sp³-hybridized carbons (Fsp3) is 0.379. The quantitative estimate of drug-likeness (QED) is 0.332. The molecule has 0 bridgehead atoms. The highest BCUT2D eigenvalue weighted by Crippen LogP contribution is 2.38. The summed E-state index contributed by atoms with van der Waals surface area (Å²) in [5.41, 5.74) is 0.322. The summed E-state index contributed by atoms with van der Waals surface area (Å²) in [6.07, 6.45) is 2.56. The number of rotatable bonds is 5. The number of aromatic nitrogens is 3. The zero-order valence-corrected chi connectivity index (χ0v) is 23.4. The van der Waals surface area contributed by atoms with E-state index in [0.717, 1.165) is 19.4 Å². The van der Waals surface area contributed by atoms with E-state index in [9.17, 15) is 14.3 Å². The molecule has 41 heavy (non-hydrogen) atoms. The van der Waals surface area contributed by atoms with Crippen molar-refractivity contribution in [2.45, 2.75) is 31.8 Å². The highest BCUT2D eigenvalue weighted by molar-refractivity contribution is 6.36. The smallest absolute Gasteiger partial charge is 0.407 e. The Morgan fingerprint density at radius 3 is 2.73 bits per heavy atom. The van der Waals surface area contributed by atoms with Crippen molar-refractivity contribution >= 4 is 45.2 Å². The summed E-state index contributed by atoms with van der Waals surface area (Å²) in [7, 11) is 2.03. The summed E-state index contributed by atoms with van der Waals surface area (Å²) in [5, 5.41) is 10.7. The third kappa shape index (κ3) is 4.97. The van der Waals surface area contributed by atoms with Crippen LogP contribution in [0.2, 0.25) is 5.02 Å². The highest BCUT2D eigenvalue weighted by Gasteiger charge is 2.31. The van der Waals surface area contributed by atoms with E-state index in [1.165, 1.54) is 17.2 Å². The second-order valence-electron chi connectivity index (χ2n) is 10.6. The number of piperazine rings is 1. The number of ether oxygens (including phenoxy) is 1. The number of likely N-dealkylation sites (tertiary alicyclic amines) is 1. The van der Waals surface area contributed by atoms with Gasteiger partial charge in [-0.05, 0) is 44.8 Å². The Bertz CT molecular complexity index is 1660. The molecular formula is C29H29ClF2N6O3. The molecule has 0 spiro atoms. The molecule has 9 nitrogen and oxygen atoms in total. The number of benzene rings is 2. The summed E-state index contributed by atoms with van der Waals surface area (Å²) in [5.74, 6) is -0.902. The monoisotopic (exact) mass is 582 g/mol. The fourth-order valence-corrected chi connectivity index (χ4v) is 6.08. The predicted molar refractivity (Wildman–Crippen MR) is 153 cm³/mol. The first kappa shape index (κ1) is 27.3. The van der Waals surface area contributed by atoms with Crippen molar-refractivity contribution in [2.24, 2.45) is 0 Å². The highest BCUT2D eigenvalue weighted by atomic mass is 35.5. The molecule has 2 fully saturated rings. The van der Waals surface area contributed by atoms with Crippen LogP contribution < -0.4 is 9.64 Å². The van der Waals surface area contributed by atoms with Crippen LogP contribution >= 0.6 is 11.6 Å². The summed E-state index contributed by atoms with van der Waals surface area (Å²) in [6, 6.07) is 7.99. The minimum atomic E-state index is -0.990. The molecule has 1 N–H and O–H groups in total. The van der Waals surface area contributed by atoms with Crippen LogP contribution in [0.3, 0.4) is 0 Å². The molecule has 0 unspecified atom stereocenters. The van der Waals surface area contributed by atoms with Gasteiger partial charge in [0, 0.05) is 48.9 Å². The number of amides is 1. The average Bonchev–Trinajstić information content (AvgIpc) is 3.38. The third-order valence-corrected chi connectivity index (χ3v) is 8.45. The topological polar surface area (TPSA) is 94.9 Å². The Morgan fingerprint density at radius 2 is 2.00 bits per heavy atom. The molecule has 1 amide bonds.